The highest BCUT2D eigenvalue weighted by Gasteiger charge is 2.58. The Hall–Kier alpha value is -1.66. The van der Waals surface area contributed by atoms with Gasteiger partial charge in [-0.2, -0.15) is 0 Å². The molecule has 7 heteroatoms. The number of carbonyl (C=O) groups is 2. The second kappa shape index (κ2) is 7.76. The number of benzene rings is 1. The molecule has 0 amide bonds. The second-order valence-electron chi connectivity index (χ2n) is 6.75. The van der Waals surface area contributed by atoms with Gasteiger partial charge in [0.1, 0.15) is 22.1 Å². The van der Waals surface area contributed by atoms with E-state index in [1.54, 1.807) is 12.1 Å². The molecule has 0 aromatic heterocycles. The average molecular weight is 411 g/mol. The Balaban J connectivity index is 2.14. The summed E-state index contributed by atoms with van der Waals surface area (Å²) in [7, 11) is 2.98. The maximum atomic E-state index is 13.6. The largest absolute Gasteiger partial charge is 0.496 e. The fourth-order valence-electron chi connectivity index (χ4n) is 3.56. The fraction of sp³-hybridized carbons (Fsp3) is 0.500. The lowest BCUT2D eigenvalue weighted by atomic mass is 9.77. The summed E-state index contributed by atoms with van der Waals surface area (Å²) in [5.74, 6) is 1.29. The number of unbranched alkanes of at least 4 members (excludes halogenated alkanes) is 1. The average Bonchev–Trinajstić information content (AvgIpc) is 2.95. The normalized spacial score (nSPS) is 23.9. The first-order valence-electron chi connectivity index (χ1n) is 8.96. The van der Waals surface area contributed by atoms with E-state index in [-0.39, 0.29) is 34.7 Å². The Bertz CT molecular complexity index is 819. The van der Waals surface area contributed by atoms with Crippen molar-refractivity contribution in [3.8, 4) is 17.2 Å². The van der Waals surface area contributed by atoms with E-state index < -0.39 is 5.60 Å². The van der Waals surface area contributed by atoms with Gasteiger partial charge in [0.2, 0.25) is 11.4 Å². The maximum absolute atomic E-state index is 13.6. The van der Waals surface area contributed by atoms with Crippen LogP contribution >= 0.6 is 23.4 Å². The number of carbonyl (C=O) groups excluding carboxylic acids is 2. The van der Waals surface area contributed by atoms with Gasteiger partial charge in [-0.15, -0.1) is 11.8 Å². The lowest BCUT2D eigenvalue weighted by molar-refractivity contribution is -0.117. The van der Waals surface area contributed by atoms with E-state index in [0.29, 0.717) is 22.0 Å². The van der Waals surface area contributed by atoms with Crippen molar-refractivity contribution in [2.45, 2.75) is 38.7 Å². The highest BCUT2D eigenvalue weighted by molar-refractivity contribution is 8.03. The minimum Gasteiger partial charge on any atom is -0.496 e. The molecule has 1 aromatic rings. The number of ketones is 2. The zero-order chi connectivity index (χ0) is 19.8. The van der Waals surface area contributed by atoms with Gasteiger partial charge in [0.05, 0.1) is 14.2 Å². The van der Waals surface area contributed by atoms with E-state index >= 15 is 0 Å². The van der Waals surface area contributed by atoms with Crippen LogP contribution in [0.4, 0.5) is 0 Å². The number of fused-ring (bicyclic) bond motifs is 1. The van der Waals surface area contributed by atoms with Crippen molar-refractivity contribution < 1.29 is 23.8 Å². The summed E-state index contributed by atoms with van der Waals surface area (Å²) in [5, 5.41) is 0.237. The summed E-state index contributed by atoms with van der Waals surface area (Å²) >= 11 is 7.96. The molecular formula is C20H23ClO5S. The molecule has 2 aliphatic rings. The van der Waals surface area contributed by atoms with Crippen LogP contribution in [0.3, 0.4) is 0 Å². The molecule has 1 spiro atoms. The number of halogens is 1. The number of thioether (sulfide) groups is 1. The Kier molecular flexibility index (Phi) is 5.77. The summed E-state index contributed by atoms with van der Waals surface area (Å²) in [6.07, 6.45) is 3.82. The molecule has 0 fully saturated rings. The first-order chi connectivity index (χ1) is 12.9. The van der Waals surface area contributed by atoms with Crippen molar-refractivity contribution in [2.24, 2.45) is 5.92 Å². The van der Waals surface area contributed by atoms with Crippen LogP contribution in [0.25, 0.3) is 0 Å². The number of allylic oxidation sites excluding steroid dienone is 1. The van der Waals surface area contributed by atoms with Crippen molar-refractivity contribution in [1.82, 2.24) is 0 Å². The molecule has 2 unspecified atom stereocenters. The molecule has 1 aliphatic heterocycles. The summed E-state index contributed by atoms with van der Waals surface area (Å²) in [4.78, 5) is 26.4. The zero-order valence-electron chi connectivity index (χ0n) is 15.9. The van der Waals surface area contributed by atoms with Crippen LogP contribution in [0.15, 0.2) is 17.0 Å². The standard InChI is InChI=1S/C20H23ClO5S/c1-5-6-7-27-15-9-12(22)8-11(2)20(15)19(23)16-13(24-3)10-14(25-4)17(21)18(16)26-20/h9-11H,5-8H2,1-4H3. The summed E-state index contributed by atoms with van der Waals surface area (Å²) in [6, 6.07) is 1.59. The van der Waals surface area contributed by atoms with E-state index in [9.17, 15) is 9.59 Å². The van der Waals surface area contributed by atoms with Gasteiger partial charge in [-0.3, -0.25) is 9.59 Å². The van der Waals surface area contributed by atoms with Gasteiger partial charge in [-0.05, 0) is 18.2 Å². The van der Waals surface area contributed by atoms with E-state index in [0.717, 1.165) is 18.6 Å². The SMILES string of the molecule is CCCCSC1=CC(=O)CC(C)C12Oc1c(Cl)c(OC)cc(OC)c1C2=O. The van der Waals surface area contributed by atoms with E-state index in [1.807, 2.05) is 6.92 Å². The van der Waals surface area contributed by atoms with Crippen LogP contribution < -0.4 is 14.2 Å². The monoisotopic (exact) mass is 410 g/mol. The highest BCUT2D eigenvalue weighted by atomic mass is 35.5. The minimum atomic E-state index is -1.24. The van der Waals surface area contributed by atoms with Gasteiger partial charge in [0.25, 0.3) is 0 Å². The van der Waals surface area contributed by atoms with Gasteiger partial charge >= 0.3 is 0 Å². The zero-order valence-corrected chi connectivity index (χ0v) is 17.5. The third kappa shape index (κ3) is 3.13. The molecule has 3 rings (SSSR count). The van der Waals surface area contributed by atoms with Gasteiger partial charge < -0.3 is 14.2 Å². The molecule has 27 heavy (non-hydrogen) atoms. The number of hydrogen-bond donors (Lipinski definition) is 0. The lowest BCUT2D eigenvalue weighted by Crippen LogP contribution is -2.50. The molecule has 0 N–H and O–H groups in total. The predicted octanol–water partition coefficient (Wildman–Crippen LogP) is 4.70. The molecule has 0 saturated carbocycles. The molecule has 0 bridgehead atoms. The highest BCUT2D eigenvalue weighted by Crippen LogP contribution is 2.56. The van der Waals surface area contributed by atoms with Crippen LogP contribution in [0, 0.1) is 5.92 Å². The molecule has 0 radical (unpaired) electrons. The number of methoxy groups -OCH3 is 2. The van der Waals surface area contributed by atoms with Crippen molar-refractivity contribution in [3.63, 3.8) is 0 Å². The minimum absolute atomic E-state index is 0.00937. The van der Waals surface area contributed by atoms with Crippen molar-refractivity contribution in [3.05, 3.63) is 27.6 Å². The molecule has 5 nitrogen and oxygen atoms in total. The molecule has 2 atom stereocenters. The Morgan fingerprint density at radius 2 is 2.00 bits per heavy atom. The fourth-order valence-corrected chi connectivity index (χ4v) is 5.25. The van der Waals surface area contributed by atoms with E-state index in [1.165, 1.54) is 26.0 Å². The van der Waals surface area contributed by atoms with E-state index in [4.69, 9.17) is 25.8 Å². The van der Waals surface area contributed by atoms with Crippen molar-refractivity contribution >= 4 is 34.9 Å². The number of hydrogen-bond acceptors (Lipinski definition) is 6. The molecule has 1 aliphatic carbocycles. The molecule has 0 saturated heterocycles. The first-order valence-corrected chi connectivity index (χ1v) is 10.3. The Morgan fingerprint density at radius 3 is 2.63 bits per heavy atom. The van der Waals surface area contributed by atoms with E-state index in [2.05, 4.69) is 6.92 Å². The van der Waals surface area contributed by atoms with Crippen molar-refractivity contribution in [1.29, 1.82) is 0 Å². The smallest absolute Gasteiger partial charge is 0.219 e. The number of Topliss-reactive ketones (excluding diaryl/α,β-unsaturated/α-hetero) is 1. The molecule has 146 valence electrons. The lowest BCUT2D eigenvalue weighted by Gasteiger charge is -2.37. The number of rotatable bonds is 6. The topological polar surface area (TPSA) is 61.8 Å². The third-order valence-electron chi connectivity index (χ3n) is 5.03. The summed E-state index contributed by atoms with van der Waals surface area (Å²) in [5.41, 5.74) is -0.927. The van der Waals surface area contributed by atoms with Crippen LogP contribution in [0.5, 0.6) is 17.2 Å². The van der Waals surface area contributed by atoms with Crippen LogP contribution in [0.2, 0.25) is 5.02 Å². The van der Waals surface area contributed by atoms with Gasteiger partial charge in [-0.1, -0.05) is 31.9 Å². The molecular weight excluding hydrogens is 388 g/mol. The third-order valence-corrected chi connectivity index (χ3v) is 6.62. The molecule has 1 aromatic carbocycles. The van der Waals surface area contributed by atoms with Crippen LogP contribution in [-0.4, -0.2) is 37.1 Å². The number of ether oxygens (including phenoxy) is 3. The predicted molar refractivity (Wildman–Crippen MR) is 106 cm³/mol. The van der Waals surface area contributed by atoms with Gasteiger partial charge in [-0.25, -0.2) is 0 Å². The Labute approximate surface area is 168 Å². The Morgan fingerprint density at radius 1 is 1.30 bits per heavy atom. The van der Waals surface area contributed by atoms with Gasteiger partial charge in [0.15, 0.2) is 11.5 Å². The van der Waals surface area contributed by atoms with Crippen LogP contribution in [0.1, 0.15) is 43.5 Å². The summed E-state index contributed by atoms with van der Waals surface area (Å²) in [6.45, 7) is 3.97. The quantitative estimate of drug-likeness (QED) is 0.633. The summed E-state index contributed by atoms with van der Waals surface area (Å²) < 4.78 is 17.0. The first kappa shape index (κ1) is 20.1. The second-order valence-corrected chi connectivity index (χ2v) is 8.26. The van der Waals surface area contributed by atoms with Crippen molar-refractivity contribution in [2.75, 3.05) is 20.0 Å². The van der Waals surface area contributed by atoms with Gasteiger partial charge in [0, 0.05) is 23.3 Å². The maximum Gasteiger partial charge on any atom is 0.219 e. The molecule has 1 heterocycles. The van der Waals surface area contributed by atoms with Crippen LogP contribution in [-0.2, 0) is 4.79 Å².